The van der Waals surface area contributed by atoms with Crippen LogP contribution in [0.3, 0.4) is 0 Å². The van der Waals surface area contributed by atoms with Gasteiger partial charge in [-0.15, -0.1) is 0 Å². The number of nitrogens with zero attached hydrogens (tertiary/aromatic N) is 2. The van der Waals surface area contributed by atoms with E-state index in [1.54, 1.807) is 0 Å². The molecule has 1 aromatic carbocycles. The predicted octanol–water partition coefficient (Wildman–Crippen LogP) is 3.09. The SMILES string of the molecule is CN(Cc1cc2ccccc2nc1Cl)CC(O)C1CC1. The summed E-state index contributed by atoms with van der Waals surface area (Å²) in [6.07, 6.45) is 2.10. The van der Waals surface area contributed by atoms with E-state index in [0.717, 1.165) is 29.3 Å². The average molecular weight is 291 g/mol. The van der Waals surface area contributed by atoms with E-state index in [-0.39, 0.29) is 6.10 Å². The number of hydrogen-bond acceptors (Lipinski definition) is 3. The first kappa shape index (κ1) is 13.8. The number of halogens is 1. The highest BCUT2D eigenvalue weighted by atomic mass is 35.5. The molecule has 0 saturated heterocycles. The quantitative estimate of drug-likeness (QED) is 0.860. The van der Waals surface area contributed by atoms with Crippen molar-refractivity contribution in [2.45, 2.75) is 25.5 Å². The van der Waals surface area contributed by atoms with E-state index >= 15 is 0 Å². The molecule has 4 heteroatoms. The lowest BCUT2D eigenvalue weighted by Crippen LogP contribution is -2.30. The van der Waals surface area contributed by atoms with Gasteiger partial charge in [0.1, 0.15) is 5.15 Å². The summed E-state index contributed by atoms with van der Waals surface area (Å²) in [5.74, 6) is 0.502. The number of fused-ring (bicyclic) bond motifs is 1. The minimum Gasteiger partial charge on any atom is -0.392 e. The van der Waals surface area contributed by atoms with Gasteiger partial charge in [0, 0.05) is 24.0 Å². The molecule has 1 saturated carbocycles. The van der Waals surface area contributed by atoms with E-state index in [1.807, 2.05) is 31.3 Å². The molecule has 20 heavy (non-hydrogen) atoms. The van der Waals surface area contributed by atoms with Crippen LogP contribution in [0.25, 0.3) is 10.9 Å². The van der Waals surface area contributed by atoms with Crippen molar-refractivity contribution < 1.29 is 5.11 Å². The first-order valence-electron chi connectivity index (χ1n) is 7.04. The van der Waals surface area contributed by atoms with Crippen LogP contribution in [0.4, 0.5) is 0 Å². The first-order chi connectivity index (χ1) is 9.63. The number of benzene rings is 1. The van der Waals surface area contributed by atoms with Crippen LogP contribution in [0.5, 0.6) is 0 Å². The number of para-hydroxylation sites is 1. The Morgan fingerprint density at radius 2 is 2.15 bits per heavy atom. The van der Waals surface area contributed by atoms with Gasteiger partial charge >= 0.3 is 0 Å². The van der Waals surface area contributed by atoms with Gasteiger partial charge in [-0.1, -0.05) is 29.8 Å². The third-order valence-electron chi connectivity index (χ3n) is 3.86. The Labute approximate surface area is 124 Å². The summed E-state index contributed by atoms with van der Waals surface area (Å²) in [6, 6.07) is 10.1. The van der Waals surface area contributed by atoms with Crippen molar-refractivity contribution in [3.8, 4) is 0 Å². The van der Waals surface area contributed by atoms with Crippen molar-refractivity contribution in [3.63, 3.8) is 0 Å². The summed E-state index contributed by atoms with van der Waals surface area (Å²) in [5, 5.41) is 11.6. The Morgan fingerprint density at radius 3 is 2.90 bits per heavy atom. The zero-order valence-corrected chi connectivity index (χ0v) is 12.3. The van der Waals surface area contributed by atoms with Crippen LogP contribution in [-0.4, -0.2) is 34.7 Å². The molecule has 3 nitrogen and oxygen atoms in total. The molecule has 1 aliphatic rings. The van der Waals surface area contributed by atoms with Crippen LogP contribution in [0.15, 0.2) is 30.3 Å². The lowest BCUT2D eigenvalue weighted by Gasteiger charge is -2.21. The second-order valence-electron chi connectivity index (χ2n) is 5.73. The maximum Gasteiger partial charge on any atom is 0.134 e. The highest BCUT2D eigenvalue weighted by Crippen LogP contribution is 2.33. The number of aliphatic hydroxyl groups is 1. The van der Waals surface area contributed by atoms with Gasteiger partial charge < -0.3 is 5.11 Å². The van der Waals surface area contributed by atoms with Crippen molar-refractivity contribution in [3.05, 3.63) is 41.0 Å². The smallest absolute Gasteiger partial charge is 0.134 e. The molecule has 3 rings (SSSR count). The monoisotopic (exact) mass is 290 g/mol. The van der Waals surface area contributed by atoms with Gasteiger partial charge in [-0.3, -0.25) is 4.90 Å². The minimum atomic E-state index is -0.216. The van der Waals surface area contributed by atoms with Gasteiger partial charge in [-0.05, 0) is 37.9 Å². The number of likely N-dealkylation sites (N-methyl/N-ethyl adjacent to an activating group) is 1. The second-order valence-corrected chi connectivity index (χ2v) is 6.09. The molecule has 1 aromatic heterocycles. The standard InChI is InChI=1S/C16H19ClN2O/c1-19(10-15(20)11-6-7-11)9-13-8-12-4-2-3-5-14(12)18-16(13)17/h2-5,8,11,15,20H,6-7,9-10H2,1H3. The fourth-order valence-electron chi connectivity index (χ4n) is 2.55. The van der Waals surface area contributed by atoms with Crippen LogP contribution in [-0.2, 0) is 6.54 Å². The molecule has 2 aromatic rings. The summed E-state index contributed by atoms with van der Waals surface area (Å²) in [6.45, 7) is 1.40. The van der Waals surface area contributed by atoms with Gasteiger partial charge in [0.25, 0.3) is 0 Å². The molecule has 1 N–H and O–H groups in total. The predicted molar refractivity (Wildman–Crippen MR) is 81.8 cm³/mol. The lowest BCUT2D eigenvalue weighted by molar-refractivity contribution is 0.104. The Balaban J connectivity index is 1.74. The topological polar surface area (TPSA) is 36.4 Å². The summed E-state index contributed by atoms with van der Waals surface area (Å²) in [4.78, 5) is 6.54. The fraction of sp³-hybridized carbons (Fsp3) is 0.438. The average Bonchev–Trinajstić information content (AvgIpc) is 3.23. The maximum atomic E-state index is 9.99. The third kappa shape index (κ3) is 3.11. The number of aromatic nitrogens is 1. The molecule has 0 radical (unpaired) electrons. The molecule has 1 fully saturated rings. The Hall–Kier alpha value is -1.16. The number of aliphatic hydroxyl groups excluding tert-OH is 1. The van der Waals surface area contributed by atoms with Crippen molar-refractivity contribution in [2.75, 3.05) is 13.6 Å². The molecule has 1 heterocycles. The maximum absolute atomic E-state index is 9.99. The van der Waals surface area contributed by atoms with E-state index in [9.17, 15) is 5.11 Å². The molecule has 106 valence electrons. The zero-order chi connectivity index (χ0) is 14.1. The normalized spacial score (nSPS) is 16.8. The molecule has 0 bridgehead atoms. The van der Waals surface area contributed by atoms with E-state index in [1.165, 1.54) is 0 Å². The molecule has 0 spiro atoms. The van der Waals surface area contributed by atoms with E-state index in [4.69, 9.17) is 11.6 Å². The molecular weight excluding hydrogens is 272 g/mol. The van der Waals surface area contributed by atoms with Gasteiger partial charge in [0.05, 0.1) is 11.6 Å². The zero-order valence-electron chi connectivity index (χ0n) is 11.6. The summed E-state index contributed by atoms with van der Waals surface area (Å²) >= 11 is 6.26. The van der Waals surface area contributed by atoms with Crippen LogP contribution in [0, 0.1) is 5.92 Å². The second kappa shape index (κ2) is 5.68. The van der Waals surface area contributed by atoms with Crippen LogP contribution in [0.1, 0.15) is 18.4 Å². The number of hydrogen-bond donors (Lipinski definition) is 1. The van der Waals surface area contributed by atoms with E-state index in [2.05, 4.69) is 16.0 Å². The molecule has 1 aliphatic carbocycles. The number of pyridine rings is 1. The van der Waals surface area contributed by atoms with Crippen molar-refractivity contribution in [1.82, 2.24) is 9.88 Å². The largest absolute Gasteiger partial charge is 0.392 e. The van der Waals surface area contributed by atoms with Crippen LogP contribution < -0.4 is 0 Å². The summed E-state index contributed by atoms with van der Waals surface area (Å²) < 4.78 is 0. The third-order valence-corrected chi connectivity index (χ3v) is 4.18. The van der Waals surface area contributed by atoms with Crippen LogP contribution in [0.2, 0.25) is 5.15 Å². The number of rotatable bonds is 5. The van der Waals surface area contributed by atoms with Crippen LogP contribution >= 0.6 is 11.6 Å². The molecular formula is C16H19ClN2O. The fourth-order valence-corrected chi connectivity index (χ4v) is 2.76. The van der Waals surface area contributed by atoms with Crippen molar-refractivity contribution in [1.29, 1.82) is 0 Å². The Morgan fingerprint density at radius 1 is 1.40 bits per heavy atom. The van der Waals surface area contributed by atoms with Crippen molar-refractivity contribution in [2.24, 2.45) is 5.92 Å². The lowest BCUT2D eigenvalue weighted by atomic mass is 10.1. The van der Waals surface area contributed by atoms with Gasteiger partial charge in [-0.2, -0.15) is 0 Å². The van der Waals surface area contributed by atoms with Gasteiger partial charge in [0.2, 0.25) is 0 Å². The Bertz CT molecular complexity index is 612. The first-order valence-corrected chi connectivity index (χ1v) is 7.42. The molecule has 0 amide bonds. The highest BCUT2D eigenvalue weighted by Gasteiger charge is 2.30. The summed E-state index contributed by atoms with van der Waals surface area (Å²) in [5.41, 5.74) is 1.93. The van der Waals surface area contributed by atoms with Gasteiger partial charge in [0.15, 0.2) is 0 Å². The minimum absolute atomic E-state index is 0.216. The Kier molecular flexibility index (Phi) is 3.92. The van der Waals surface area contributed by atoms with E-state index in [0.29, 0.717) is 24.2 Å². The highest BCUT2D eigenvalue weighted by molar-refractivity contribution is 6.30. The molecule has 0 aliphatic heterocycles. The van der Waals surface area contributed by atoms with E-state index < -0.39 is 0 Å². The molecule has 1 unspecified atom stereocenters. The van der Waals surface area contributed by atoms with Crippen molar-refractivity contribution >= 4 is 22.5 Å². The summed E-state index contributed by atoms with van der Waals surface area (Å²) in [7, 11) is 2.01. The molecule has 1 atom stereocenters. The van der Waals surface area contributed by atoms with Gasteiger partial charge in [-0.25, -0.2) is 4.98 Å².